The molecule has 0 spiro atoms. The van der Waals surface area contributed by atoms with Crippen LogP contribution in [-0.4, -0.2) is 10.9 Å². The Balaban J connectivity index is 2.02. The molecule has 1 unspecified atom stereocenters. The molecule has 1 heterocycles. The summed E-state index contributed by atoms with van der Waals surface area (Å²) in [7, 11) is 0. The number of oxazole rings is 1. The minimum Gasteiger partial charge on any atom is -0.444 e. The van der Waals surface area contributed by atoms with E-state index in [4.69, 9.17) is 10.2 Å². The molecule has 2 rings (SSSR count). The molecule has 2 aromatic rings. The molecule has 0 bridgehead atoms. The Labute approximate surface area is 116 Å². The van der Waals surface area contributed by atoms with Gasteiger partial charge in [-0.1, -0.05) is 6.07 Å². The normalized spacial score (nSPS) is 12.3. The highest BCUT2D eigenvalue weighted by Gasteiger charge is 2.12. The lowest BCUT2D eigenvalue weighted by molar-refractivity contribution is 0.1000. The van der Waals surface area contributed by atoms with Gasteiger partial charge in [0.15, 0.2) is 0 Å². The van der Waals surface area contributed by atoms with Gasteiger partial charge in [-0.3, -0.25) is 4.79 Å². The average molecular weight is 277 g/mol. The lowest BCUT2D eigenvalue weighted by Gasteiger charge is -2.11. The number of rotatable bonds is 5. The summed E-state index contributed by atoms with van der Waals surface area (Å²) in [5, 5.41) is 3.11. The van der Waals surface area contributed by atoms with Gasteiger partial charge < -0.3 is 15.5 Å². The van der Waals surface area contributed by atoms with Crippen molar-refractivity contribution in [3.05, 3.63) is 53.0 Å². The van der Waals surface area contributed by atoms with Crippen LogP contribution in [0.5, 0.6) is 0 Å². The molecule has 1 amide bonds. The highest BCUT2D eigenvalue weighted by Crippen LogP contribution is 2.15. The van der Waals surface area contributed by atoms with E-state index in [1.165, 1.54) is 12.1 Å². The number of aryl methyl sites for hydroxylation is 1. The number of carbonyl (C=O) groups excluding carboxylic acids is 1. The maximum absolute atomic E-state index is 13.8. The standard InChI is InChI=1S/C14H16FN3O2/c1-8-6-18-14(20-8)9(2)17-7-11-4-3-10(13(16)19)5-12(11)15/h3-6,9,17H,7H2,1-2H3,(H2,16,19). The Kier molecular flexibility index (Phi) is 4.14. The number of hydrogen-bond acceptors (Lipinski definition) is 4. The molecule has 20 heavy (non-hydrogen) atoms. The number of halogens is 1. The molecule has 0 saturated carbocycles. The lowest BCUT2D eigenvalue weighted by Crippen LogP contribution is -2.19. The third-order valence-electron chi connectivity index (χ3n) is 2.95. The van der Waals surface area contributed by atoms with Crippen molar-refractivity contribution in [3.8, 4) is 0 Å². The maximum Gasteiger partial charge on any atom is 0.248 e. The molecule has 0 aliphatic rings. The Morgan fingerprint density at radius 1 is 1.55 bits per heavy atom. The number of nitrogens with zero attached hydrogens (tertiary/aromatic N) is 1. The third kappa shape index (κ3) is 3.21. The second kappa shape index (κ2) is 5.83. The number of hydrogen-bond donors (Lipinski definition) is 2. The molecule has 0 saturated heterocycles. The van der Waals surface area contributed by atoms with Gasteiger partial charge in [0.2, 0.25) is 11.8 Å². The number of carbonyl (C=O) groups is 1. The lowest BCUT2D eigenvalue weighted by atomic mass is 10.1. The molecule has 3 N–H and O–H groups in total. The van der Waals surface area contributed by atoms with Crippen molar-refractivity contribution >= 4 is 5.91 Å². The monoisotopic (exact) mass is 277 g/mol. The fourth-order valence-electron chi connectivity index (χ4n) is 1.77. The zero-order valence-electron chi connectivity index (χ0n) is 11.3. The number of nitrogens with two attached hydrogens (primary N) is 1. The summed E-state index contributed by atoms with van der Waals surface area (Å²) in [5.74, 6) is 0.166. The molecule has 0 radical (unpaired) electrons. The first-order valence-corrected chi connectivity index (χ1v) is 6.21. The van der Waals surface area contributed by atoms with Gasteiger partial charge in [-0.25, -0.2) is 9.37 Å². The molecule has 1 aromatic heterocycles. The van der Waals surface area contributed by atoms with E-state index in [-0.39, 0.29) is 11.6 Å². The number of aromatic nitrogens is 1. The molecular weight excluding hydrogens is 261 g/mol. The van der Waals surface area contributed by atoms with Crippen LogP contribution < -0.4 is 11.1 Å². The van der Waals surface area contributed by atoms with Crippen molar-refractivity contribution in [1.82, 2.24) is 10.3 Å². The highest BCUT2D eigenvalue weighted by molar-refractivity contribution is 5.92. The van der Waals surface area contributed by atoms with E-state index in [0.717, 1.165) is 11.8 Å². The van der Waals surface area contributed by atoms with Gasteiger partial charge in [0.25, 0.3) is 0 Å². The third-order valence-corrected chi connectivity index (χ3v) is 2.95. The topological polar surface area (TPSA) is 81.1 Å². The smallest absolute Gasteiger partial charge is 0.248 e. The average Bonchev–Trinajstić information content (AvgIpc) is 2.83. The molecule has 1 aromatic carbocycles. The minimum absolute atomic E-state index is 0.140. The van der Waals surface area contributed by atoms with E-state index >= 15 is 0 Å². The fraction of sp³-hybridized carbons (Fsp3) is 0.286. The molecular formula is C14H16FN3O2. The Morgan fingerprint density at radius 2 is 2.30 bits per heavy atom. The van der Waals surface area contributed by atoms with Crippen LogP contribution in [0.25, 0.3) is 0 Å². The van der Waals surface area contributed by atoms with Crippen LogP contribution in [-0.2, 0) is 6.54 Å². The SMILES string of the molecule is Cc1cnc(C(C)NCc2ccc(C(N)=O)cc2F)o1. The van der Waals surface area contributed by atoms with Crippen molar-refractivity contribution in [1.29, 1.82) is 0 Å². The number of benzene rings is 1. The number of nitrogens with one attached hydrogen (secondary N) is 1. The maximum atomic E-state index is 13.8. The van der Waals surface area contributed by atoms with Crippen LogP contribution in [0.2, 0.25) is 0 Å². The van der Waals surface area contributed by atoms with E-state index < -0.39 is 11.7 Å². The summed E-state index contributed by atoms with van der Waals surface area (Å²) < 4.78 is 19.2. The fourth-order valence-corrected chi connectivity index (χ4v) is 1.77. The van der Waals surface area contributed by atoms with Crippen LogP contribution in [0.1, 0.15) is 40.5 Å². The van der Waals surface area contributed by atoms with Gasteiger partial charge in [-0.2, -0.15) is 0 Å². The van der Waals surface area contributed by atoms with Crippen molar-refractivity contribution in [2.75, 3.05) is 0 Å². The van der Waals surface area contributed by atoms with Crippen LogP contribution in [0.3, 0.4) is 0 Å². The first-order chi connectivity index (χ1) is 9.47. The summed E-state index contributed by atoms with van der Waals surface area (Å²) in [6.45, 7) is 3.99. The summed E-state index contributed by atoms with van der Waals surface area (Å²) in [6, 6.07) is 4.04. The molecule has 0 aliphatic carbocycles. The van der Waals surface area contributed by atoms with Crippen LogP contribution in [0.4, 0.5) is 4.39 Å². The quantitative estimate of drug-likeness (QED) is 0.876. The molecule has 5 nitrogen and oxygen atoms in total. The predicted octanol–water partition coefficient (Wildman–Crippen LogP) is 2.07. The van der Waals surface area contributed by atoms with Gasteiger partial charge in [-0.15, -0.1) is 0 Å². The van der Waals surface area contributed by atoms with Crippen molar-refractivity contribution < 1.29 is 13.6 Å². The van der Waals surface area contributed by atoms with Gasteiger partial charge in [0, 0.05) is 17.7 Å². The summed E-state index contributed by atoms with van der Waals surface area (Å²) in [4.78, 5) is 15.0. The summed E-state index contributed by atoms with van der Waals surface area (Å²) in [5.41, 5.74) is 5.70. The van der Waals surface area contributed by atoms with Crippen LogP contribution in [0, 0.1) is 12.7 Å². The van der Waals surface area contributed by atoms with E-state index in [2.05, 4.69) is 10.3 Å². The molecule has 0 fully saturated rings. The Morgan fingerprint density at radius 3 is 2.85 bits per heavy atom. The Hall–Kier alpha value is -2.21. The molecule has 0 aliphatic heterocycles. The van der Waals surface area contributed by atoms with Crippen molar-refractivity contribution in [3.63, 3.8) is 0 Å². The predicted molar refractivity (Wildman–Crippen MR) is 71.4 cm³/mol. The number of primary amides is 1. The van der Waals surface area contributed by atoms with Gasteiger partial charge in [-0.05, 0) is 26.0 Å². The highest BCUT2D eigenvalue weighted by atomic mass is 19.1. The van der Waals surface area contributed by atoms with Gasteiger partial charge in [0.05, 0.1) is 12.2 Å². The van der Waals surface area contributed by atoms with E-state index in [1.807, 2.05) is 13.8 Å². The molecule has 1 atom stereocenters. The second-order valence-corrected chi connectivity index (χ2v) is 4.58. The summed E-state index contributed by atoms with van der Waals surface area (Å²) >= 11 is 0. The summed E-state index contributed by atoms with van der Waals surface area (Å²) in [6.07, 6.45) is 1.63. The van der Waals surface area contributed by atoms with E-state index in [0.29, 0.717) is 18.0 Å². The number of amides is 1. The van der Waals surface area contributed by atoms with E-state index in [1.54, 1.807) is 6.20 Å². The molecule has 106 valence electrons. The van der Waals surface area contributed by atoms with Gasteiger partial charge >= 0.3 is 0 Å². The van der Waals surface area contributed by atoms with Crippen LogP contribution in [0.15, 0.2) is 28.8 Å². The zero-order chi connectivity index (χ0) is 14.7. The minimum atomic E-state index is -0.646. The van der Waals surface area contributed by atoms with Crippen molar-refractivity contribution in [2.45, 2.75) is 26.4 Å². The van der Waals surface area contributed by atoms with Crippen LogP contribution >= 0.6 is 0 Å². The zero-order valence-corrected chi connectivity index (χ0v) is 11.3. The van der Waals surface area contributed by atoms with E-state index in [9.17, 15) is 9.18 Å². The van der Waals surface area contributed by atoms with Gasteiger partial charge in [0.1, 0.15) is 11.6 Å². The largest absolute Gasteiger partial charge is 0.444 e. The first kappa shape index (κ1) is 14.2. The molecule has 6 heteroatoms. The Bertz CT molecular complexity index is 625. The second-order valence-electron chi connectivity index (χ2n) is 4.58. The first-order valence-electron chi connectivity index (χ1n) is 6.21. The van der Waals surface area contributed by atoms with Crippen molar-refractivity contribution in [2.24, 2.45) is 5.73 Å².